The molecule has 3 N–H and O–H groups in total. The first-order chi connectivity index (χ1) is 6.27. The van der Waals surface area contributed by atoms with Crippen LogP contribution < -0.4 is 16.2 Å². The van der Waals surface area contributed by atoms with Crippen molar-refractivity contribution >= 4 is 28.9 Å². The van der Waals surface area contributed by atoms with E-state index >= 15 is 0 Å². The molecule has 1 heterocycles. The van der Waals surface area contributed by atoms with Crippen molar-refractivity contribution in [2.45, 2.75) is 6.17 Å². The second-order valence-electron chi connectivity index (χ2n) is 2.70. The maximum atomic E-state index is 6.00. The van der Waals surface area contributed by atoms with E-state index in [1.165, 1.54) is 0 Å². The Balaban J connectivity index is 2.26. The predicted molar refractivity (Wildman–Crippen MR) is 56.2 cm³/mol. The van der Waals surface area contributed by atoms with E-state index < -0.39 is 0 Å². The van der Waals surface area contributed by atoms with Crippen LogP contribution in [-0.4, -0.2) is 5.11 Å². The maximum Gasteiger partial charge on any atom is 0.182 e. The van der Waals surface area contributed by atoms with Crippen LogP contribution in [0, 0.1) is 0 Å². The van der Waals surface area contributed by atoms with Crippen molar-refractivity contribution < 1.29 is 0 Å². The molecule has 0 aromatic heterocycles. The molecule has 1 aromatic rings. The van der Waals surface area contributed by atoms with E-state index in [1.54, 1.807) is 0 Å². The third kappa shape index (κ3) is 1.75. The van der Waals surface area contributed by atoms with E-state index in [4.69, 9.17) is 23.8 Å². The molecule has 0 saturated carbocycles. The van der Waals surface area contributed by atoms with Crippen LogP contribution in [0.4, 0.5) is 0 Å². The van der Waals surface area contributed by atoms with Gasteiger partial charge in [0.05, 0.1) is 0 Å². The van der Waals surface area contributed by atoms with Crippen LogP contribution in [0.25, 0.3) is 0 Å². The minimum absolute atomic E-state index is 0.0406. The lowest BCUT2D eigenvalue weighted by molar-refractivity contribution is 0.555. The van der Waals surface area contributed by atoms with Crippen molar-refractivity contribution in [2.24, 2.45) is 0 Å². The van der Waals surface area contributed by atoms with E-state index in [0.29, 0.717) is 5.11 Å². The standard InChI is InChI=1S/C8H8ClN3S/c9-6-4-2-1-3-5(6)7-10-8(13)12-11-7/h1-4,7,11H,(H2,10,12,13). The first-order valence-electron chi connectivity index (χ1n) is 3.84. The lowest BCUT2D eigenvalue weighted by Crippen LogP contribution is -2.26. The summed E-state index contributed by atoms with van der Waals surface area (Å²) in [4.78, 5) is 0. The van der Waals surface area contributed by atoms with E-state index in [0.717, 1.165) is 10.6 Å². The van der Waals surface area contributed by atoms with Gasteiger partial charge in [-0.2, -0.15) is 0 Å². The van der Waals surface area contributed by atoms with Gasteiger partial charge in [0.1, 0.15) is 6.17 Å². The minimum atomic E-state index is -0.0406. The number of rotatable bonds is 1. The molecule has 0 bridgehead atoms. The Bertz CT molecular complexity index is 342. The van der Waals surface area contributed by atoms with Gasteiger partial charge in [-0.25, -0.2) is 5.43 Å². The summed E-state index contributed by atoms with van der Waals surface area (Å²) < 4.78 is 0. The molecule has 1 atom stereocenters. The molecule has 1 fully saturated rings. The summed E-state index contributed by atoms with van der Waals surface area (Å²) in [5.41, 5.74) is 6.77. The molecule has 1 aromatic carbocycles. The lowest BCUT2D eigenvalue weighted by atomic mass is 10.2. The second kappa shape index (κ2) is 3.49. The van der Waals surface area contributed by atoms with Gasteiger partial charge in [0, 0.05) is 10.6 Å². The number of halogens is 1. The Kier molecular flexibility index (Phi) is 2.35. The van der Waals surface area contributed by atoms with E-state index in [9.17, 15) is 0 Å². The highest BCUT2D eigenvalue weighted by atomic mass is 35.5. The van der Waals surface area contributed by atoms with Gasteiger partial charge >= 0.3 is 0 Å². The molecule has 2 rings (SSSR count). The second-order valence-corrected chi connectivity index (χ2v) is 3.51. The summed E-state index contributed by atoms with van der Waals surface area (Å²) in [5, 5.41) is 4.34. The summed E-state index contributed by atoms with van der Waals surface area (Å²) in [5.74, 6) is 0. The minimum Gasteiger partial charge on any atom is -0.341 e. The number of nitrogens with one attached hydrogen (secondary N) is 3. The molecule has 0 spiro atoms. The van der Waals surface area contributed by atoms with Crippen molar-refractivity contribution in [3.05, 3.63) is 34.9 Å². The van der Waals surface area contributed by atoms with Crippen molar-refractivity contribution in [1.29, 1.82) is 0 Å². The average molecular weight is 214 g/mol. The maximum absolute atomic E-state index is 6.00. The van der Waals surface area contributed by atoms with Crippen LogP contribution in [-0.2, 0) is 0 Å². The van der Waals surface area contributed by atoms with Crippen molar-refractivity contribution in [2.75, 3.05) is 0 Å². The van der Waals surface area contributed by atoms with Gasteiger partial charge in [0.25, 0.3) is 0 Å². The highest BCUT2D eigenvalue weighted by Gasteiger charge is 2.19. The third-order valence-electron chi connectivity index (χ3n) is 1.82. The van der Waals surface area contributed by atoms with Gasteiger partial charge in [-0.05, 0) is 18.3 Å². The molecule has 0 aliphatic carbocycles. The molecule has 5 heteroatoms. The molecule has 13 heavy (non-hydrogen) atoms. The topological polar surface area (TPSA) is 36.1 Å². The number of benzene rings is 1. The number of thiocarbonyl (C=S) groups is 1. The van der Waals surface area contributed by atoms with Crippen LogP contribution in [0.1, 0.15) is 11.7 Å². The molecule has 3 nitrogen and oxygen atoms in total. The van der Waals surface area contributed by atoms with E-state index in [2.05, 4.69) is 16.2 Å². The highest BCUT2D eigenvalue weighted by molar-refractivity contribution is 7.80. The van der Waals surface area contributed by atoms with Crippen molar-refractivity contribution in [3.8, 4) is 0 Å². The average Bonchev–Trinajstić information content (AvgIpc) is 2.53. The zero-order chi connectivity index (χ0) is 9.26. The fourth-order valence-corrected chi connectivity index (χ4v) is 1.63. The first kappa shape index (κ1) is 8.74. The Morgan fingerprint density at radius 2 is 2.08 bits per heavy atom. The van der Waals surface area contributed by atoms with Crippen molar-refractivity contribution in [3.63, 3.8) is 0 Å². The van der Waals surface area contributed by atoms with Crippen LogP contribution in [0.3, 0.4) is 0 Å². The lowest BCUT2D eigenvalue weighted by Gasteiger charge is -2.10. The molecule has 1 aliphatic rings. The zero-order valence-electron chi connectivity index (χ0n) is 6.67. The zero-order valence-corrected chi connectivity index (χ0v) is 8.25. The Morgan fingerprint density at radius 3 is 2.69 bits per heavy atom. The molecule has 1 aliphatic heterocycles. The van der Waals surface area contributed by atoms with Gasteiger partial charge in [-0.15, -0.1) is 0 Å². The number of hydrogen-bond acceptors (Lipinski definition) is 2. The normalized spacial score (nSPS) is 21.0. The van der Waals surface area contributed by atoms with Gasteiger partial charge in [0.15, 0.2) is 5.11 Å². The van der Waals surface area contributed by atoms with Crippen LogP contribution in [0.5, 0.6) is 0 Å². The fourth-order valence-electron chi connectivity index (χ4n) is 1.21. The smallest absolute Gasteiger partial charge is 0.182 e. The van der Waals surface area contributed by atoms with Crippen LogP contribution >= 0.6 is 23.8 Å². The van der Waals surface area contributed by atoms with Crippen LogP contribution in [0.15, 0.2) is 24.3 Å². The number of hydrogen-bond donors (Lipinski definition) is 3. The summed E-state index contributed by atoms with van der Waals surface area (Å²) >= 11 is 10.9. The molecular formula is C8H8ClN3S. The summed E-state index contributed by atoms with van der Waals surface area (Å²) in [6.07, 6.45) is -0.0406. The third-order valence-corrected chi connectivity index (χ3v) is 2.39. The molecule has 1 unspecified atom stereocenters. The quantitative estimate of drug-likeness (QED) is 0.615. The Morgan fingerprint density at radius 1 is 1.31 bits per heavy atom. The van der Waals surface area contributed by atoms with Gasteiger partial charge < -0.3 is 5.32 Å². The monoisotopic (exact) mass is 213 g/mol. The molecular weight excluding hydrogens is 206 g/mol. The van der Waals surface area contributed by atoms with E-state index in [-0.39, 0.29) is 6.17 Å². The molecule has 1 saturated heterocycles. The van der Waals surface area contributed by atoms with Crippen molar-refractivity contribution in [1.82, 2.24) is 16.2 Å². The summed E-state index contributed by atoms with van der Waals surface area (Å²) in [6, 6.07) is 7.63. The van der Waals surface area contributed by atoms with Gasteiger partial charge in [0.2, 0.25) is 0 Å². The highest BCUT2D eigenvalue weighted by Crippen LogP contribution is 2.21. The summed E-state index contributed by atoms with van der Waals surface area (Å²) in [7, 11) is 0. The van der Waals surface area contributed by atoms with Gasteiger partial charge in [-0.3, -0.25) is 5.43 Å². The van der Waals surface area contributed by atoms with E-state index in [1.807, 2.05) is 24.3 Å². The number of hydrazine groups is 1. The predicted octanol–water partition coefficient (Wildman–Crippen LogP) is 1.32. The molecule has 0 amide bonds. The summed E-state index contributed by atoms with van der Waals surface area (Å²) in [6.45, 7) is 0. The van der Waals surface area contributed by atoms with Crippen LogP contribution in [0.2, 0.25) is 5.02 Å². The molecule has 68 valence electrons. The van der Waals surface area contributed by atoms with Gasteiger partial charge in [-0.1, -0.05) is 29.8 Å². The SMILES string of the molecule is S=C1NNC(c2ccccc2Cl)N1. The Hall–Kier alpha value is -0.840. The largest absolute Gasteiger partial charge is 0.341 e. The fraction of sp³-hybridized carbons (Fsp3) is 0.125. The first-order valence-corrected chi connectivity index (χ1v) is 4.62. The Labute approximate surface area is 86.4 Å². The molecule has 0 radical (unpaired) electrons.